The number of carbonyl (C=O) groups excluding carboxylic acids is 3. The topological polar surface area (TPSA) is 69.7 Å². The standard InChI is InChI=1S/C16H14O5/c1-20-14(17)10-4-2-3-8-12-11-7-5-6-9-13(11)16(19)21-15(12)18/h5-7,9,12H,2-3,8H2,1H3. The Balaban J connectivity index is 2.01. The predicted octanol–water partition coefficient (Wildman–Crippen LogP) is 1.81. The highest BCUT2D eigenvalue weighted by Gasteiger charge is 2.33. The summed E-state index contributed by atoms with van der Waals surface area (Å²) in [7, 11) is 1.27. The molecule has 1 aliphatic heterocycles. The molecule has 1 unspecified atom stereocenters. The van der Waals surface area contributed by atoms with Gasteiger partial charge in [-0.1, -0.05) is 24.1 Å². The molecule has 0 radical (unpaired) electrons. The average molecular weight is 286 g/mol. The van der Waals surface area contributed by atoms with Crippen molar-refractivity contribution in [2.24, 2.45) is 0 Å². The summed E-state index contributed by atoms with van der Waals surface area (Å²) >= 11 is 0. The number of fused-ring (bicyclic) bond motifs is 1. The van der Waals surface area contributed by atoms with Gasteiger partial charge in [0.2, 0.25) is 0 Å². The highest BCUT2D eigenvalue weighted by molar-refractivity contribution is 6.04. The molecule has 1 aromatic carbocycles. The van der Waals surface area contributed by atoms with Gasteiger partial charge in [-0.15, -0.1) is 0 Å². The summed E-state index contributed by atoms with van der Waals surface area (Å²) in [6, 6.07) is 6.93. The third kappa shape index (κ3) is 3.48. The summed E-state index contributed by atoms with van der Waals surface area (Å²) in [4.78, 5) is 34.3. The second-order valence-electron chi connectivity index (χ2n) is 4.53. The van der Waals surface area contributed by atoms with E-state index >= 15 is 0 Å². The van der Waals surface area contributed by atoms with Crippen LogP contribution in [0, 0.1) is 11.8 Å². The maximum atomic E-state index is 11.8. The van der Waals surface area contributed by atoms with Crippen molar-refractivity contribution in [2.45, 2.75) is 25.2 Å². The van der Waals surface area contributed by atoms with Gasteiger partial charge in [0.05, 0.1) is 18.6 Å². The Hall–Kier alpha value is -2.61. The highest BCUT2D eigenvalue weighted by atomic mass is 16.6. The number of esters is 3. The van der Waals surface area contributed by atoms with E-state index in [2.05, 4.69) is 16.6 Å². The lowest BCUT2D eigenvalue weighted by molar-refractivity contribution is -0.140. The molecular weight excluding hydrogens is 272 g/mol. The lowest BCUT2D eigenvalue weighted by Gasteiger charge is -2.22. The molecule has 2 rings (SSSR count). The van der Waals surface area contributed by atoms with E-state index in [1.807, 2.05) is 0 Å². The molecule has 0 aromatic heterocycles. The largest absolute Gasteiger partial charge is 0.459 e. The van der Waals surface area contributed by atoms with E-state index < -0.39 is 23.8 Å². The SMILES string of the molecule is COC(=O)C#CCCCC1C(=O)OC(=O)c2ccccc21. The number of carbonyl (C=O) groups is 3. The Bertz CT molecular complexity index is 636. The van der Waals surface area contributed by atoms with Crippen molar-refractivity contribution < 1.29 is 23.9 Å². The Labute approximate surface area is 122 Å². The predicted molar refractivity (Wildman–Crippen MR) is 73.2 cm³/mol. The number of ether oxygens (including phenoxy) is 2. The minimum absolute atomic E-state index is 0.433. The molecular formula is C16H14O5. The fourth-order valence-corrected chi connectivity index (χ4v) is 2.18. The second kappa shape index (κ2) is 6.71. The molecule has 0 N–H and O–H groups in total. The first-order valence-corrected chi connectivity index (χ1v) is 6.55. The zero-order chi connectivity index (χ0) is 15.2. The third-order valence-electron chi connectivity index (χ3n) is 3.20. The molecule has 5 heteroatoms. The lowest BCUT2D eigenvalue weighted by Crippen LogP contribution is -2.27. The molecule has 1 atom stereocenters. The first-order valence-electron chi connectivity index (χ1n) is 6.55. The van der Waals surface area contributed by atoms with E-state index in [0.717, 1.165) is 0 Å². The number of unbranched alkanes of at least 4 members (excludes halogenated alkanes) is 1. The Morgan fingerprint density at radius 2 is 2.10 bits per heavy atom. The van der Waals surface area contributed by atoms with Gasteiger partial charge in [-0.25, -0.2) is 9.59 Å². The van der Waals surface area contributed by atoms with E-state index in [4.69, 9.17) is 4.74 Å². The number of rotatable bonds is 3. The van der Waals surface area contributed by atoms with E-state index in [-0.39, 0.29) is 0 Å². The van der Waals surface area contributed by atoms with Crippen molar-refractivity contribution in [1.29, 1.82) is 0 Å². The van der Waals surface area contributed by atoms with Gasteiger partial charge in [0, 0.05) is 12.3 Å². The molecule has 5 nitrogen and oxygen atoms in total. The molecule has 0 saturated heterocycles. The Morgan fingerprint density at radius 3 is 2.86 bits per heavy atom. The van der Waals surface area contributed by atoms with Crippen LogP contribution in [0.25, 0.3) is 0 Å². The van der Waals surface area contributed by atoms with Crippen LogP contribution in [0.15, 0.2) is 24.3 Å². The monoisotopic (exact) mass is 286 g/mol. The van der Waals surface area contributed by atoms with Crippen molar-refractivity contribution >= 4 is 17.9 Å². The van der Waals surface area contributed by atoms with E-state index in [1.54, 1.807) is 24.3 Å². The molecule has 0 fully saturated rings. The molecule has 0 aliphatic carbocycles. The normalized spacial score (nSPS) is 16.3. The van der Waals surface area contributed by atoms with Gasteiger partial charge in [-0.3, -0.25) is 4.79 Å². The summed E-state index contributed by atoms with van der Waals surface area (Å²) in [5, 5.41) is 0. The van der Waals surface area contributed by atoms with Crippen LogP contribution in [0.2, 0.25) is 0 Å². The zero-order valence-electron chi connectivity index (χ0n) is 11.5. The van der Waals surface area contributed by atoms with Crippen molar-refractivity contribution in [3.8, 4) is 11.8 Å². The van der Waals surface area contributed by atoms with Crippen LogP contribution >= 0.6 is 0 Å². The highest BCUT2D eigenvalue weighted by Crippen LogP contribution is 2.31. The minimum Gasteiger partial charge on any atom is -0.459 e. The fourth-order valence-electron chi connectivity index (χ4n) is 2.18. The van der Waals surface area contributed by atoms with Gasteiger partial charge in [-0.2, -0.15) is 0 Å². The van der Waals surface area contributed by atoms with Crippen molar-refractivity contribution in [1.82, 2.24) is 0 Å². The molecule has 0 amide bonds. The first-order chi connectivity index (χ1) is 10.1. The van der Waals surface area contributed by atoms with Crippen LogP contribution in [0.5, 0.6) is 0 Å². The molecule has 108 valence electrons. The van der Waals surface area contributed by atoms with Crippen LogP contribution in [-0.4, -0.2) is 25.0 Å². The van der Waals surface area contributed by atoms with Crippen LogP contribution in [0.3, 0.4) is 0 Å². The summed E-state index contributed by atoms with van der Waals surface area (Å²) in [6.45, 7) is 0. The van der Waals surface area contributed by atoms with E-state index in [1.165, 1.54) is 7.11 Å². The number of hydrogen-bond acceptors (Lipinski definition) is 5. The first kappa shape index (κ1) is 14.8. The molecule has 21 heavy (non-hydrogen) atoms. The van der Waals surface area contributed by atoms with Crippen LogP contribution in [0.1, 0.15) is 41.1 Å². The third-order valence-corrected chi connectivity index (χ3v) is 3.20. The fraction of sp³-hybridized carbons (Fsp3) is 0.312. The molecule has 0 saturated carbocycles. The van der Waals surface area contributed by atoms with Crippen LogP contribution < -0.4 is 0 Å². The lowest BCUT2D eigenvalue weighted by atomic mass is 9.88. The van der Waals surface area contributed by atoms with Crippen LogP contribution in [-0.2, 0) is 19.1 Å². The maximum absolute atomic E-state index is 11.8. The number of methoxy groups -OCH3 is 1. The van der Waals surface area contributed by atoms with E-state index in [0.29, 0.717) is 30.4 Å². The Kier molecular flexibility index (Phi) is 4.72. The summed E-state index contributed by atoms with van der Waals surface area (Å²) in [6.07, 6.45) is 1.60. The van der Waals surface area contributed by atoms with E-state index in [9.17, 15) is 14.4 Å². The van der Waals surface area contributed by atoms with Gasteiger partial charge in [-0.05, 0) is 24.5 Å². The molecule has 1 aromatic rings. The zero-order valence-corrected chi connectivity index (χ0v) is 11.5. The van der Waals surface area contributed by atoms with Gasteiger partial charge in [0.25, 0.3) is 0 Å². The number of hydrogen-bond donors (Lipinski definition) is 0. The van der Waals surface area contributed by atoms with Gasteiger partial charge < -0.3 is 9.47 Å². The van der Waals surface area contributed by atoms with Crippen molar-refractivity contribution in [3.63, 3.8) is 0 Å². The van der Waals surface area contributed by atoms with Gasteiger partial charge in [0.15, 0.2) is 0 Å². The summed E-state index contributed by atoms with van der Waals surface area (Å²) < 4.78 is 9.15. The second-order valence-corrected chi connectivity index (χ2v) is 4.53. The van der Waals surface area contributed by atoms with Crippen molar-refractivity contribution in [2.75, 3.05) is 7.11 Å². The van der Waals surface area contributed by atoms with Gasteiger partial charge >= 0.3 is 17.9 Å². The minimum atomic E-state index is -0.600. The molecule has 0 spiro atoms. The smallest absolute Gasteiger partial charge is 0.384 e. The van der Waals surface area contributed by atoms with Crippen molar-refractivity contribution in [3.05, 3.63) is 35.4 Å². The number of cyclic esters (lactones) is 2. The Morgan fingerprint density at radius 1 is 1.33 bits per heavy atom. The molecule has 1 aliphatic rings. The molecule has 1 heterocycles. The summed E-state index contributed by atoms with van der Waals surface area (Å²) in [5.41, 5.74) is 1.13. The number of benzene rings is 1. The van der Waals surface area contributed by atoms with Crippen LogP contribution in [0.4, 0.5) is 0 Å². The maximum Gasteiger partial charge on any atom is 0.384 e. The van der Waals surface area contributed by atoms with Gasteiger partial charge in [0.1, 0.15) is 0 Å². The summed E-state index contributed by atoms with van der Waals surface area (Å²) in [5.74, 6) is 2.84. The average Bonchev–Trinajstić information content (AvgIpc) is 2.49. The molecule has 0 bridgehead atoms. The quantitative estimate of drug-likeness (QED) is 0.279.